The van der Waals surface area contributed by atoms with E-state index in [1.54, 1.807) is 0 Å². The van der Waals surface area contributed by atoms with E-state index in [0.29, 0.717) is 12.0 Å². The van der Waals surface area contributed by atoms with E-state index in [0.717, 1.165) is 12.1 Å². The first-order valence-corrected chi connectivity index (χ1v) is 13.0. The van der Waals surface area contributed by atoms with Crippen LogP contribution in [-0.2, 0) is 9.22 Å². The molecule has 0 aliphatic carbocycles. The van der Waals surface area contributed by atoms with E-state index in [4.69, 9.17) is 15.5 Å². The fourth-order valence-corrected chi connectivity index (χ4v) is 5.19. The van der Waals surface area contributed by atoms with Gasteiger partial charge in [0.1, 0.15) is 0 Å². The van der Waals surface area contributed by atoms with Crippen LogP contribution in [0.4, 0.5) is 0 Å². The Hall–Kier alpha value is 0.194. The van der Waals surface area contributed by atoms with Crippen molar-refractivity contribution >= 4 is 32.7 Å². The van der Waals surface area contributed by atoms with Crippen molar-refractivity contribution < 1.29 is 9.22 Å². The molecule has 0 aliphatic rings. The van der Waals surface area contributed by atoms with Gasteiger partial charge >= 0.3 is 0 Å². The van der Waals surface area contributed by atoms with Crippen molar-refractivity contribution in [2.75, 3.05) is 0 Å². The van der Waals surface area contributed by atoms with Crippen molar-refractivity contribution in [1.29, 1.82) is 0 Å². The number of hydrogen-bond donors (Lipinski definition) is 0. The maximum absolute atomic E-state index is 11.7. The normalized spacial score (nSPS) is 14.7. The monoisotopic (exact) mass is 280 g/mol. The minimum absolute atomic E-state index is 0.0638. The molecule has 96 valence electrons. The summed E-state index contributed by atoms with van der Waals surface area (Å²) in [5.41, 5.74) is 0.299. The number of carbonyl (C=O) groups excluding carboxylic acids is 1. The first-order valence-electron chi connectivity index (χ1n) is 6.05. The van der Waals surface area contributed by atoms with Gasteiger partial charge in [0.15, 0.2) is 7.38 Å². The first kappa shape index (κ1) is 16.2. The lowest BCUT2D eigenvalue weighted by molar-refractivity contribution is -0.135. The number of halogens is 1. The van der Waals surface area contributed by atoms with Gasteiger partial charge in [0.2, 0.25) is 8.32 Å². The van der Waals surface area contributed by atoms with Gasteiger partial charge in [-0.05, 0) is 37.3 Å². The van der Waals surface area contributed by atoms with Crippen LogP contribution in [0.1, 0.15) is 27.2 Å². The number of rotatable bonds is 6. The fourth-order valence-electron chi connectivity index (χ4n) is 1.76. The van der Waals surface area contributed by atoms with Crippen molar-refractivity contribution in [3.05, 3.63) is 0 Å². The summed E-state index contributed by atoms with van der Waals surface area (Å²) in [5.74, 6) is -0.0638. The molecule has 0 fully saturated rings. The Bertz CT molecular complexity index is 235. The maximum atomic E-state index is 11.7. The van der Waals surface area contributed by atoms with Gasteiger partial charge in [-0.2, -0.15) is 11.1 Å². The highest BCUT2D eigenvalue weighted by Crippen LogP contribution is 2.35. The molecule has 16 heavy (non-hydrogen) atoms. The topological polar surface area (TPSA) is 26.3 Å². The van der Waals surface area contributed by atoms with Crippen molar-refractivity contribution in [1.82, 2.24) is 0 Å². The summed E-state index contributed by atoms with van der Waals surface area (Å²) < 4.78 is 5.46. The van der Waals surface area contributed by atoms with Crippen LogP contribution >= 0.6 is 11.1 Å². The zero-order chi connectivity index (χ0) is 13.0. The molecular weight excluding hydrogens is 256 g/mol. The third-order valence-electron chi connectivity index (χ3n) is 2.95. The largest absolute Gasteiger partial charge is 0.520 e. The molecule has 0 spiro atoms. The fraction of sp³-hybridized carbons (Fsp3) is 0.909. The zero-order valence-electron chi connectivity index (χ0n) is 11.4. The molecule has 2 nitrogen and oxygen atoms in total. The van der Waals surface area contributed by atoms with Crippen LogP contribution in [0.2, 0.25) is 37.3 Å². The quantitative estimate of drug-likeness (QED) is 0.533. The molecular formula is C11H25ClO2Si2. The summed E-state index contributed by atoms with van der Waals surface area (Å²) in [6.45, 7) is 12.4. The summed E-state index contributed by atoms with van der Waals surface area (Å²) >= 11 is 6.62. The third kappa shape index (κ3) is 5.50. The van der Waals surface area contributed by atoms with Gasteiger partial charge in [0.05, 0.1) is 0 Å². The SMILES string of the molecule is CC[Si](Cl)(CC)C(C)CC(=O)O[Si](C)(C)C. The average Bonchev–Trinajstić information content (AvgIpc) is 2.13. The van der Waals surface area contributed by atoms with Crippen LogP contribution in [0.15, 0.2) is 0 Å². The summed E-state index contributed by atoms with van der Waals surface area (Å²) in [4.78, 5) is 11.7. The van der Waals surface area contributed by atoms with Crippen LogP contribution in [0.5, 0.6) is 0 Å². The van der Waals surface area contributed by atoms with Crippen LogP contribution in [0, 0.1) is 0 Å². The van der Waals surface area contributed by atoms with Crippen LogP contribution in [0.25, 0.3) is 0 Å². The lowest BCUT2D eigenvalue weighted by Crippen LogP contribution is -2.35. The third-order valence-corrected chi connectivity index (χ3v) is 10.8. The Morgan fingerprint density at radius 2 is 1.69 bits per heavy atom. The first-order chi connectivity index (χ1) is 7.14. The highest BCUT2D eigenvalue weighted by Gasteiger charge is 2.35. The summed E-state index contributed by atoms with van der Waals surface area (Å²) in [7, 11) is -3.50. The predicted molar refractivity (Wildman–Crippen MR) is 76.0 cm³/mol. The Labute approximate surface area is 107 Å². The molecule has 0 saturated heterocycles. The summed E-state index contributed by atoms with van der Waals surface area (Å²) in [6, 6.07) is 2.04. The Morgan fingerprint density at radius 3 is 2.00 bits per heavy atom. The van der Waals surface area contributed by atoms with E-state index in [9.17, 15) is 4.79 Å². The zero-order valence-corrected chi connectivity index (χ0v) is 14.1. The van der Waals surface area contributed by atoms with Crippen molar-refractivity contribution in [2.45, 2.75) is 64.5 Å². The average molecular weight is 281 g/mol. The molecule has 5 heteroatoms. The number of hydrogen-bond acceptors (Lipinski definition) is 2. The van der Waals surface area contributed by atoms with Gasteiger partial charge in [-0.25, -0.2) is 0 Å². The van der Waals surface area contributed by atoms with Crippen LogP contribution < -0.4 is 0 Å². The molecule has 0 N–H and O–H groups in total. The van der Waals surface area contributed by atoms with Crippen molar-refractivity contribution in [3.63, 3.8) is 0 Å². The van der Waals surface area contributed by atoms with E-state index in [-0.39, 0.29) is 5.97 Å². The molecule has 0 aromatic rings. The molecule has 0 aromatic heterocycles. The molecule has 0 aromatic carbocycles. The van der Waals surface area contributed by atoms with Gasteiger partial charge in [0, 0.05) is 6.42 Å². The molecule has 0 bridgehead atoms. The van der Waals surface area contributed by atoms with Gasteiger partial charge in [0.25, 0.3) is 5.97 Å². The standard InChI is InChI=1S/C11H25ClO2Si2/c1-7-16(12,8-2)10(3)9-11(13)14-15(4,5)6/h10H,7-9H2,1-6H3. The summed E-state index contributed by atoms with van der Waals surface area (Å²) in [5, 5.41) is 0. The lowest BCUT2D eigenvalue weighted by atomic mass is 10.3. The van der Waals surface area contributed by atoms with Crippen molar-refractivity contribution in [3.8, 4) is 0 Å². The highest BCUT2D eigenvalue weighted by atomic mass is 35.6. The highest BCUT2D eigenvalue weighted by molar-refractivity contribution is 7.21. The Balaban J connectivity index is 4.34. The second-order valence-electron chi connectivity index (χ2n) is 5.43. The van der Waals surface area contributed by atoms with Gasteiger partial charge in [-0.15, -0.1) is 0 Å². The smallest absolute Gasteiger partial charge is 0.292 e. The second kappa shape index (κ2) is 6.21. The predicted octanol–water partition coefficient (Wildman–Crippen LogP) is 4.37. The second-order valence-corrected chi connectivity index (χ2v) is 16.6. The van der Waals surface area contributed by atoms with Gasteiger partial charge in [-0.1, -0.05) is 20.8 Å². The number of carbonyl (C=O) groups is 1. The van der Waals surface area contributed by atoms with Gasteiger partial charge in [-0.3, -0.25) is 4.79 Å². The van der Waals surface area contributed by atoms with Crippen LogP contribution in [0.3, 0.4) is 0 Å². The Morgan fingerprint density at radius 1 is 1.25 bits per heavy atom. The van der Waals surface area contributed by atoms with E-state index in [2.05, 4.69) is 20.8 Å². The molecule has 1 unspecified atom stereocenters. The van der Waals surface area contributed by atoms with E-state index in [1.807, 2.05) is 19.6 Å². The molecule has 1 atom stereocenters. The lowest BCUT2D eigenvalue weighted by Gasteiger charge is -2.29. The van der Waals surface area contributed by atoms with E-state index >= 15 is 0 Å². The van der Waals surface area contributed by atoms with E-state index < -0.39 is 15.7 Å². The van der Waals surface area contributed by atoms with Crippen molar-refractivity contribution in [2.24, 2.45) is 0 Å². The summed E-state index contributed by atoms with van der Waals surface area (Å²) in [6.07, 6.45) is 0.488. The minimum atomic E-state index is -1.75. The van der Waals surface area contributed by atoms with Crippen LogP contribution in [-0.4, -0.2) is 21.7 Å². The molecule has 0 rings (SSSR count). The molecule has 0 heterocycles. The molecule has 0 saturated carbocycles. The maximum Gasteiger partial charge on any atom is 0.292 e. The Kier molecular flexibility index (Phi) is 6.29. The molecule has 0 aliphatic heterocycles. The van der Waals surface area contributed by atoms with Gasteiger partial charge < -0.3 is 4.43 Å². The molecule has 0 radical (unpaired) electrons. The molecule has 0 amide bonds. The minimum Gasteiger partial charge on any atom is -0.520 e. The van der Waals surface area contributed by atoms with E-state index in [1.165, 1.54) is 0 Å².